The van der Waals surface area contributed by atoms with Gasteiger partial charge < -0.3 is 9.84 Å². The molecule has 14 heavy (non-hydrogen) atoms. The Bertz CT molecular complexity index is 285. The summed E-state index contributed by atoms with van der Waals surface area (Å²) in [5.41, 5.74) is 2.36. The minimum absolute atomic E-state index is 0.235. The molecular weight excluding hydrogens is 180 g/mol. The molecule has 0 aliphatic carbocycles. The van der Waals surface area contributed by atoms with Gasteiger partial charge in [0.15, 0.2) is 0 Å². The van der Waals surface area contributed by atoms with Crippen LogP contribution in [0.5, 0.6) is 0 Å². The van der Waals surface area contributed by atoms with E-state index in [1.165, 1.54) is 0 Å². The fourth-order valence-electron chi connectivity index (χ4n) is 1.33. The maximum Gasteiger partial charge on any atom is 0.331 e. The highest BCUT2D eigenvalue weighted by Gasteiger charge is 2.25. The SMILES string of the molecule is C=C(C)C/C(CC1CO1)=C(/C)C(=O)O. The monoisotopic (exact) mass is 196 g/mol. The normalized spacial score (nSPS) is 21.4. The predicted molar refractivity (Wildman–Crippen MR) is 54.1 cm³/mol. The molecule has 1 saturated heterocycles. The molecule has 0 aromatic rings. The second kappa shape index (κ2) is 4.42. The lowest BCUT2D eigenvalue weighted by Gasteiger charge is -2.08. The third kappa shape index (κ3) is 3.34. The summed E-state index contributed by atoms with van der Waals surface area (Å²) in [6.07, 6.45) is 1.63. The van der Waals surface area contributed by atoms with Gasteiger partial charge in [-0.3, -0.25) is 0 Å². The molecule has 0 amide bonds. The van der Waals surface area contributed by atoms with Crippen LogP contribution in [0.3, 0.4) is 0 Å². The van der Waals surface area contributed by atoms with Crippen LogP contribution in [0.4, 0.5) is 0 Å². The first-order valence-electron chi connectivity index (χ1n) is 4.68. The van der Waals surface area contributed by atoms with Gasteiger partial charge in [-0.1, -0.05) is 17.7 Å². The van der Waals surface area contributed by atoms with Gasteiger partial charge >= 0.3 is 5.97 Å². The molecule has 1 unspecified atom stereocenters. The van der Waals surface area contributed by atoms with E-state index in [0.29, 0.717) is 12.0 Å². The minimum atomic E-state index is -0.845. The van der Waals surface area contributed by atoms with E-state index in [-0.39, 0.29) is 6.10 Å². The summed E-state index contributed by atoms with van der Waals surface area (Å²) in [6, 6.07) is 0. The van der Waals surface area contributed by atoms with Crippen LogP contribution < -0.4 is 0 Å². The Morgan fingerprint density at radius 3 is 2.50 bits per heavy atom. The van der Waals surface area contributed by atoms with Gasteiger partial charge in [-0.05, 0) is 26.7 Å². The number of carboxylic acids is 1. The minimum Gasteiger partial charge on any atom is -0.478 e. The van der Waals surface area contributed by atoms with Gasteiger partial charge in [0.25, 0.3) is 0 Å². The highest BCUT2D eigenvalue weighted by Crippen LogP contribution is 2.25. The van der Waals surface area contributed by atoms with Crippen LogP contribution in [0.25, 0.3) is 0 Å². The van der Waals surface area contributed by atoms with E-state index in [1.807, 2.05) is 6.92 Å². The number of hydrogen-bond donors (Lipinski definition) is 1. The fourth-order valence-corrected chi connectivity index (χ4v) is 1.33. The summed E-state index contributed by atoms with van der Waals surface area (Å²) in [6.45, 7) is 8.10. The Morgan fingerprint density at radius 1 is 1.57 bits per heavy atom. The van der Waals surface area contributed by atoms with Gasteiger partial charge in [-0.15, -0.1) is 0 Å². The van der Waals surface area contributed by atoms with Crippen LogP contribution in [-0.4, -0.2) is 23.8 Å². The Morgan fingerprint density at radius 2 is 2.14 bits per heavy atom. The van der Waals surface area contributed by atoms with Crippen LogP contribution in [0.1, 0.15) is 26.7 Å². The third-order valence-electron chi connectivity index (χ3n) is 2.24. The van der Waals surface area contributed by atoms with Crippen LogP contribution in [0.2, 0.25) is 0 Å². The molecule has 1 aliphatic rings. The van der Waals surface area contributed by atoms with Crippen LogP contribution in [-0.2, 0) is 9.53 Å². The van der Waals surface area contributed by atoms with Crippen LogP contribution >= 0.6 is 0 Å². The number of carbonyl (C=O) groups is 1. The molecule has 0 bridgehead atoms. The molecule has 0 saturated carbocycles. The maximum absolute atomic E-state index is 10.8. The van der Waals surface area contributed by atoms with Crippen LogP contribution in [0.15, 0.2) is 23.3 Å². The summed E-state index contributed by atoms with van der Waals surface area (Å²) in [5.74, 6) is -0.845. The Balaban J connectivity index is 2.72. The van der Waals surface area contributed by atoms with Crippen molar-refractivity contribution in [2.45, 2.75) is 32.8 Å². The quantitative estimate of drug-likeness (QED) is 0.416. The van der Waals surface area contributed by atoms with E-state index in [4.69, 9.17) is 9.84 Å². The van der Waals surface area contributed by atoms with Gasteiger partial charge in [0.1, 0.15) is 0 Å². The smallest absolute Gasteiger partial charge is 0.331 e. The van der Waals surface area contributed by atoms with Crippen molar-refractivity contribution in [2.75, 3.05) is 6.61 Å². The number of hydrogen-bond acceptors (Lipinski definition) is 2. The average molecular weight is 196 g/mol. The van der Waals surface area contributed by atoms with Gasteiger partial charge in [0.05, 0.1) is 12.7 Å². The molecule has 3 nitrogen and oxygen atoms in total. The molecule has 1 aliphatic heterocycles. The lowest BCUT2D eigenvalue weighted by atomic mass is 9.98. The zero-order valence-corrected chi connectivity index (χ0v) is 8.67. The molecule has 3 heteroatoms. The molecule has 1 atom stereocenters. The van der Waals surface area contributed by atoms with E-state index in [9.17, 15) is 4.79 Å². The van der Waals surface area contributed by atoms with Crippen LogP contribution in [0, 0.1) is 0 Å². The largest absolute Gasteiger partial charge is 0.478 e. The summed E-state index contributed by atoms with van der Waals surface area (Å²) in [5, 5.41) is 8.87. The van der Waals surface area contributed by atoms with Gasteiger partial charge in [-0.25, -0.2) is 4.79 Å². The Labute approximate surface area is 84.1 Å². The molecule has 1 heterocycles. The van der Waals surface area contributed by atoms with Crippen molar-refractivity contribution in [1.29, 1.82) is 0 Å². The average Bonchev–Trinajstić information content (AvgIpc) is 2.84. The molecular formula is C11H16O3. The lowest BCUT2D eigenvalue weighted by Crippen LogP contribution is -2.04. The number of allylic oxidation sites excluding steroid dienone is 1. The first-order valence-corrected chi connectivity index (χ1v) is 4.68. The van der Waals surface area contributed by atoms with E-state index in [2.05, 4.69) is 6.58 Å². The van der Waals surface area contributed by atoms with E-state index < -0.39 is 5.97 Å². The highest BCUT2D eigenvalue weighted by atomic mass is 16.6. The van der Waals surface area contributed by atoms with Crippen molar-refractivity contribution < 1.29 is 14.6 Å². The van der Waals surface area contributed by atoms with Gasteiger partial charge in [-0.2, -0.15) is 0 Å². The third-order valence-corrected chi connectivity index (χ3v) is 2.24. The fraction of sp³-hybridized carbons (Fsp3) is 0.545. The number of epoxide rings is 1. The second-order valence-corrected chi connectivity index (χ2v) is 3.83. The Hall–Kier alpha value is -1.09. The number of carboxylic acid groups (broad SMARTS) is 1. The molecule has 0 spiro atoms. The van der Waals surface area contributed by atoms with E-state index in [1.54, 1.807) is 6.92 Å². The molecule has 1 N–H and O–H groups in total. The molecule has 0 radical (unpaired) electrons. The van der Waals surface area contributed by atoms with Crippen molar-refractivity contribution in [3.63, 3.8) is 0 Å². The second-order valence-electron chi connectivity index (χ2n) is 3.83. The zero-order chi connectivity index (χ0) is 10.7. The number of rotatable bonds is 5. The molecule has 1 fully saturated rings. The van der Waals surface area contributed by atoms with Crippen molar-refractivity contribution in [3.05, 3.63) is 23.3 Å². The van der Waals surface area contributed by atoms with E-state index >= 15 is 0 Å². The standard InChI is InChI=1S/C11H16O3/c1-7(2)4-9(5-10-6-14-10)8(3)11(12)13/h10H,1,4-6H2,2-3H3,(H,12,13)/b9-8+. The summed E-state index contributed by atoms with van der Waals surface area (Å²) < 4.78 is 5.09. The van der Waals surface area contributed by atoms with Gasteiger partial charge in [0, 0.05) is 5.57 Å². The van der Waals surface area contributed by atoms with Gasteiger partial charge in [0.2, 0.25) is 0 Å². The van der Waals surface area contributed by atoms with E-state index in [0.717, 1.165) is 24.2 Å². The number of aliphatic carboxylic acids is 1. The summed E-state index contributed by atoms with van der Waals surface area (Å²) >= 11 is 0. The molecule has 0 aromatic carbocycles. The molecule has 0 aromatic heterocycles. The highest BCUT2D eigenvalue weighted by molar-refractivity contribution is 5.86. The first kappa shape index (κ1) is 11.0. The summed E-state index contributed by atoms with van der Waals surface area (Å²) in [7, 11) is 0. The Kier molecular flexibility index (Phi) is 3.47. The summed E-state index contributed by atoms with van der Waals surface area (Å²) in [4.78, 5) is 10.8. The van der Waals surface area contributed by atoms with Crippen molar-refractivity contribution in [1.82, 2.24) is 0 Å². The molecule has 78 valence electrons. The zero-order valence-electron chi connectivity index (χ0n) is 8.67. The first-order chi connectivity index (χ1) is 6.50. The van der Waals surface area contributed by atoms with Crippen molar-refractivity contribution in [3.8, 4) is 0 Å². The topological polar surface area (TPSA) is 49.8 Å². The van der Waals surface area contributed by atoms with Crippen molar-refractivity contribution in [2.24, 2.45) is 0 Å². The van der Waals surface area contributed by atoms with Crippen molar-refractivity contribution >= 4 is 5.97 Å². The number of ether oxygens (including phenoxy) is 1. The molecule has 1 rings (SSSR count). The maximum atomic E-state index is 10.8. The predicted octanol–water partition coefficient (Wildman–Crippen LogP) is 2.14. The lowest BCUT2D eigenvalue weighted by molar-refractivity contribution is -0.132.